The van der Waals surface area contributed by atoms with E-state index in [2.05, 4.69) is 6.92 Å². The Hall–Kier alpha value is -0.180. The van der Waals surface area contributed by atoms with E-state index in [-0.39, 0.29) is 12.8 Å². The van der Waals surface area contributed by atoms with Crippen molar-refractivity contribution >= 4 is 0 Å². The van der Waals surface area contributed by atoms with Crippen LogP contribution in [-0.4, -0.2) is 17.8 Å². The van der Waals surface area contributed by atoms with Crippen LogP contribution < -0.4 is 0 Å². The van der Waals surface area contributed by atoms with Crippen molar-refractivity contribution in [3.8, 4) is 0 Å². The highest BCUT2D eigenvalue weighted by Crippen LogP contribution is 2.42. The van der Waals surface area contributed by atoms with Crippen LogP contribution in [0.15, 0.2) is 0 Å². The average Bonchev–Trinajstić information content (AvgIpc) is 2.26. The summed E-state index contributed by atoms with van der Waals surface area (Å²) in [4.78, 5) is 0. The predicted octanol–water partition coefficient (Wildman–Crippen LogP) is 3.96. The fourth-order valence-corrected chi connectivity index (χ4v) is 3.47. The van der Waals surface area contributed by atoms with Crippen molar-refractivity contribution in [2.75, 3.05) is 0 Å². The number of alkyl halides is 2. The standard InChI is InChI=1S/C14H24F2.H2O.H2/c1-9-3-5-11(6-4-9)12-7-13(15)10(2)14(16)8-12;;/h9-14H,3-8H2,1-2H3;1H2;1H. The van der Waals surface area contributed by atoms with Crippen molar-refractivity contribution in [2.24, 2.45) is 23.7 Å². The van der Waals surface area contributed by atoms with Gasteiger partial charge in [-0.15, -0.1) is 0 Å². The van der Waals surface area contributed by atoms with Crippen LogP contribution in [0.3, 0.4) is 0 Å². The first kappa shape index (κ1) is 14.9. The molecule has 104 valence electrons. The van der Waals surface area contributed by atoms with Gasteiger partial charge in [-0.05, 0) is 43.4 Å². The molecular weight excluding hydrogens is 222 g/mol. The molecule has 2 fully saturated rings. The van der Waals surface area contributed by atoms with Crippen LogP contribution in [0.1, 0.15) is 53.8 Å². The second kappa shape index (κ2) is 6.12. The van der Waals surface area contributed by atoms with Gasteiger partial charge in [-0.3, -0.25) is 0 Å². The van der Waals surface area contributed by atoms with Gasteiger partial charge in [0.1, 0.15) is 12.3 Å². The molecule has 2 atom stereocenters. The minimum atomic E-state index is -0.909. The third kappa shape index (κ3) is 3.40. The molecule has 0 aromatic rings. The summed E-state index contributed by atoms with van der Waals surface area (Å²) in [5, 5.41) is 0. The van der Waals surface area contributed by atoms with Crippen molar-refractivity contribution in [1.82, 2.24) is 0 Å². The van der Waals surface area contributed by atoms with E-state index in [1.165, 1.54) is 25.7 Å². The molecule has 0 saturated heterocycles. The van der Waals surface area contributed by atoms with E-state index in [0.717, 1.165) is 5.92 Å². The van der Waals surface area contributed by atoms with Gasteiger partial charge < -0.3 is 5.48 Å². The van der Waals surface area contributed by atoms with E-state index in [0.29, 0.717) is 24.7 Å². The van der Waals surface area contributed by atoms with Crippen LogP contribution in [0.2, 0.25) is 0 Å². The fourth-order valence-electron chi connectivity index (χ4n) is 3.47. The monoisotopic (exact) mass is 250 g/mol. The van der Waals surface area contributed by atoms with Crippen LogP contribution in [0.25, 0.3) is 0 Å². The quantitative estimate of drug-likeness (QED) is 0.674. The highest BCUT2D eigenvalue weighted by molar-refractivity contribution is 4.88. The molecule has 0 aromatic heterocycles. The molecular formula is C14H28F2O. The van der Waals surface area contributed by atoms with Crippen LogP contribution in [0, 0.1) is 23.7 Å². The van der Waals surface area contributed by atoms with Crippen molar-refractivity contribution < 1.29 is 15.7 Å². The summed E-state index contributed by atoms with van der Waals surface area (Å²) in [5.74, 6) is 1.36. The first-order valence-corrected chi connectivity index (χ1v) is 6.86. The molecule has 1 nitrogen and oxygen atoms in total. The predicted molar refractivity (Wildman–Crippen MR) is 68.5 cm³/mol. The van der Waals surface area contributed by atoms with E-state index in [9.17, 15) is 8.78 Å². The summed E-state index contributed by atoms with van der Waals surface area (Å²) in [6.45, 7) is 4.00. The Morgan fingerprint density at radius 2 is 1.29 bits per heavy atom. The molecule has 0 aliphatic heterocycles. The summed E-state index contributed by atoms with van der Waals surface area (Å²) in [5.41, 5.74) is 0. The lowest BCUT2D eigenvalue weighted by atomic mass is 9.68. The average molecular weight is 250 g/mol. The summed E-state index contributed by atoms with van der Waals surface area (Å²) >= 11 is 0. The van der Waals surface area contributed by atoms with Gasteiger partial charge in [0, 0.05) is 7.34 Å². The summed E-state index contributed by atoms with van der Waals surface area (Å²) in [6.07, 6.45) is 4.30. The molecule has 2 rings (SSSR count). The third-order valence-corrected chi connectivity index (χ3v) is 4.92. The zero-order valence-corrected chi connectivity index (χ0v) is 11.0. The minimum Gasteiger partial charge on any atom is -0.412 e. The maximum Gasteiger partial charge on any atom is 0.106 e. The molecule has 2 aliphatic rings. The van der Waals surface area contributed by atoms with Crippen molar-refractivity contribution in [1.29, 1.82) is 0 Å². The molecule has 0 radical (unpaired) electrons. The van der Waals surface area contributed by atoms with Gasteiger partial charge >= 0.3 is 0 Å². The highest BCUT2D eigenvalue weighted by Gasteiger charge is 2.39. The van der Waals surface area contributed by atoms with E-state index in [4.69, 9.17) is 0 Å². The molecule has 2 saturated carbocycles. The molecule has 0 heterocycles. The third-order valence-electron chi connectivity index (χ3n) is 4.92. The summed E-state index contributed by atoms with van der Waals surface area (Å²) in [7, 11) is 0. The van der Waals surface area contributed by atoms with Gasteiger partial charge in [-0.25, -0.2) is 8.78 Å². The van der Waals surface area contributed by atoms with Gasteiger partial charge in [0.05, 0.1) is 0 Å². The van der Waals surface area contributed by atoms with E-state index in [1.54, 1.807) is 6.92 Å². The summed E-state index contributed by atoms with van der Waals surface area (Å²) < 4.78 is 27.3. The van der Waals surface area contributed by atoms with Gasteiger partial charge in [0.2, 0.25) is 0 Å². The SMILES string of the molecule is CC1CCC(C2CC(F)C(C)C(F)C2)CC1.O.[HH]. The Morgan fingerprint density at radius 1 is 0.824 bits per heavy atom. The Labute approximate surface area is 105 Å². The van der Waals surface area contributed by atoms with Crippen LogP contribution >= 0.6 is 0 Å². The molecule has 2 N–H and O–H groups in total. The Bertz CT molecular complexity index is 220. The number of rotatable bonds is 1. The Kier molecular flexibility index (Phi) is 5.36. The second-order valence-corrected chi connectivity index (χ2v) is 6.14. The smallest absolute Gasteiger partial charge is 0.106 e. The highest BCUT2D eigenvalue weighted by atomic mass is 19.1. The topological polar surface area (TPSA) is 31.5 Å². The molecule has 0 amide bonds. The fraction of sp³-hybridized carbons (Fsp3) is 1.00. The number of hydrogen-bond acceptors (Lipinski definition) is 0. The Balaban J connectivity index is 0.00000144. The lowest BCUT2D eigenvalue weighted by Gasteiger charge is -2.39. The normalized spacial score (nSPS) is 47.3. The van der Waals surface area contributed by atoms with Gasteiger partial charge in [-0.1, -0.05) is 26.7 Å². The molecule has 17 heavy (non-hydrogen) atoms. The van der Waals surface area contributed by atoms with E-state index < -0.39 is 12.3 Å². The van der Waals surface area contributed by atoms with Crippen LogP contribution in [0.5, 0.6) is 0 Å². The summed E-state index contributed by atoms with van der Waals surface area (Å²) in [6, 6.07) is 0. The zero-order chi connectivity index (χ0) is 11.7. The van der Waals surface area contributed by atoms with Gasteiger partial charge in [0.15, 0.2) is 0 Å². The first-order chi connectivity index (χ1) is 7.58. The van der Waals surface area contributed by atoms with Crippen LogP contribution in [-0.2, 0) is 0 Å². The maximum atomic E-state index is 13.7. The van der Waals surface area contributed by atoms with Gasteiger partial charge in [0.25, 0.3) is 0 Å². The van der Waals surface area contributed by atoms with Crippen molar-refractivity contribution in [3.63, 3.8) is 0 Å². The van der Waals surface area contributed by atoms with Crippen LogP contribution in [0.4, 0.5) is 8.78 Å². The number of halogens is 2. The molecule has 2 aliphatic carbocycles. The van der Waals surface area contributed by atoms with E-state index in [1.807, 2.05) is 0 Å². The molecule has 0 spiro atoms. The van der Waals surface area contributed by atoms with Gasteiger partial charge in [-0.2, -0.15) is 0 Å². The Morgan fingerprint density at radius 3 is 1.76 bits per heavy atom. The van der Waals surface area contributed by atoms with Crippen molar-refractivity contribution in [2.45, 2.75) is 64.7 Å². The molecule has 0 aromatic carbocycles. The second-order valence-electron chi connectivity index (χ2n) is 6.14. The first-order valence-electron chi connectivity index (χ1n) is 6.86. The molecule has 2 unspecified atom stereocenters. The van der Waals surface area contributed by atoms with E-state index >= 15 is 0 Å². The molecule has 3 heteroatoms. The zero-order valence-electron chi connectivity index (χ0n) is 11.0. The molecule has 0 bridgehead atoms. The largest absolute Gasteiger partial charge is 0.412 e. The maximum absolute atomic E-state index is 13.7. The number of hydrogen-bond donors (Lipinski definition) is 0. The lowest BCUT2D eigenvalue weighted by Crippen LogP contribution is -2.37. The van der Waals surface area contributed by atoms with Crippen molar-refractivity contribution in [3.05, 3.63) is 0 Å². The minimum absolute atomic E-state index is 0. The lowest BCUT2D eigenvalue weighted by molar-refractivity contribution is 0.0238.